The molecule has 1 saturated heterocycles. The fourth-order valence-electron chi connectivity index (χ4n) is 3.48. The summed E-state index contributed by atoms with van der Waals surface area (Å²) >= 11 is 0. The Kier molecular flexibility index (Phi) is 4.68. The Balaban J connectivity index is 1.86. The van der Waals surface area contributed by atoms with Crippen LogP contribution in [0.15, 0.2) is 76.9 Å². The number of rotatable bonds is 4. The lowest BCUT2D eigenvalue weighted by molar-refractivity contribution is -0.140. The number of likely N-dealkylation sites (tertiary alicyclic amines) is 1. The van der Waals surface area contributed by atoms with Gasteiger partial charge in [-0.25, -0.2) is 0 Å². The van der Waals surface area contributed by atoms with Gasteiger partial charge in [0.2, 0.25) is 0 Å². The van der Waals surface area contributed by atoms with Gasteiger partial charge in [0.05, 0.1) is 24.4 Å². The van der Waals surface area contributed by atoms with Gasteiger partial charge in [0, 0.05) is 5.56 Å². The molecule has 3 aromatic rings. The number of amides is 1. The first-order valence-electron chi connectivity index (χ1n) is 9.12. The molecular formula is C23H19NO5. The van der Waals surface area contributed by atoms with Crippen LogP contribution < -0.4 is 0 Å². The minimum absolute atomic E-state index is 0.0103. The molecule has 2 N–H and O–H groups in total. The van der Waals surface area contributed by atoms with Crippen molar-refractivity contribution in [3.8, 4) is 5.75 Å². The van der Waals surface area contributed by atoms with E-state index in [-0.39, 0.29) is 23.6 Å². The molecule has 2 aromatic carbocycles. The van der Waals surface area contributed by atoms with E-state index in [2.05, 4.69) is 0 Å². The highest BCUT2D eigenvalue weighted by atomic mass is 16.3. The number of aliphatic hydroxyl groups excluding tert-OH is 1. The Morgan fingerprint density at radius 2 is 1.72 bits per heavy atom. The summed E-state index contributed by atoms with van der Waals surface area (Å²) in [5, 5.41) is 20.6. The molecule has 4 rings (SSSR count). The number of phenolic OH excluding ortho intramolecular Hbond substituents is 1. The number of phenols is 1. The maximum absolute atomic E-state index is 12.9. The second-order valence-electron chi connectivity index (χ2n) is 6.96. The Hall–Kier alpha value is -3.80. The standard InChI is InChI=1S/C23H19NO5/c1-14-4-6-16(7-5-14)21(26)19-20(15-8-10-17(25)11-9-15)24(23(28)22(19)27)13-18-3-2-12-29-18/h2-12,20,25-26H,13H2,1H3/b21-19+/t20-/m0/s1. The fraction of sp³-hybridized carbons (Fsp3) is 0.130. The van der Waals surface area contributed by atoms with Crippen LogP contribution in [0.25, 0.3) is 5.76 Å². The quantitative estimate of drug-likeness (QED) is 0.401. The van der Waals surface area contributed by atoms with Crippen LogP contribution in [0.5, 0.6) is 5.75 Å². The number of carbonyl (C=O) groups is 2. The monoisotopic (exact) mass is 389 g/mol. The van der Waals surface area contributed by atoms with Gasteiger partial charge in [-0.05, 0) is 36.8 Å². The van der Waals surface area contributed by atoms with Crippen LogP contribution in [-0.4, -0.2) is 26.8 Å². The summed E-state index contributed by atoms with van der Waals surface area (Å²) in [5.41, 5.74) is 2.07. The van der Waals surface area contributed by atoms with E-state index in [0.29, 0.717) is 16.9 Å². The minimum Gasteiger partial charge on any atom is -0.508 e. The topological polar surface area (TPSA) is 91.0 Å². The van der Waals surface area contributed by atoms with Gasteiger partial charge in [-0.2, -0.15) is 0 Å². The summed E-state index contributed by atoms with van der Waals surface area (Å²) in [4.78, 5) is 27.1. The molecule has 146 valence electrons. The van der Waals surface area contributed by atoms with Crippen LogP contribution in [0.4, 0.5) is 0 Å². The van der Waals surface area contributed by atoms with Gasteiger partial charge >= 0.3 is 0 Å². The van der Waals surface area contributed by atoms with Crippen LogP contribution in [0.2, 0.25) is 0 Å². The Bertz CT molecular complexity index is 1080. The predicted molar refractivity (Wildman–Crippen MR) is 106 cm³/mol. The number of Topliss-reactive ketones (excluding diaryl/α,β-unsaturated/α-hetero) is 1. The number of hydrogen-bond donors (Lipinski definition) is 2. The normalized spacial score (nSPS) is 18.4. The van der Waals surface area contributed by atoms with Crippen molar-refractivity contribution in [2.45, 2.75) is 19.5 Å². The number of nitrogens with zero attached hydrogens (tertiary/aromatic N) is 1. The molecule has 6 heteroatoms. The van der Waals surface area contributed by atoms with Gasteiger partial charge in [-0.3, -0.25) is 9.59 Å². The van der Waals surface area contributed by atoms with E-state index in [1.54, 1.807) is 36.4 Å². The highest BCUT2D eigenvalue weighted by molar-refractivity contribution is 6.46. The highest BCUT2D eigenvalue weighted by Crippen LogP contribution is 2.40. The van der Waals surface area contributed by atoms with Crippen LogP contribution in [0.1, 0.15) is 28.5 Å². The van der Waals surface area contributed by atoms with Gasteiger partial charge in [-0.1, -0.05) is 42.0 Å². The summed E-state index contributed by atoms with van der Waals surface area (Å²) in [7, 11) is 0. The predicted octanol–water partition coefficient (Wildman–Crippen LogP) is 3.92. The van der Waals surface area contributed by atoms with Gasteiger partial charge in [0.15, 0.2) is 0 Å². The second kappa shape index (κ2) is 7.31. The summed E-state index contributed by atoms with van der Waals surface area (Å²) in [6, 6.07) is 15.9. The highest BCUT2D eigenvalue weighted by Gasteiger charge is 2.46. The van der Waals surface area contributed by atoms with E-state index in [9.17, 15) is 19.8 Å². The molecule has 1 aliphatic heterocycles. The van der Waals surface area contributed by atoms with E-state index in [1.165, 1.54) is 23.3 Å². The summed E-state index contributed by atoms with van der Waals surface area (Å²) in [5.74, 6) is -1.12. The third-order valence-electron chi connectivity index (χ3n) is 4.98. The van der Waals surface area contributed by atoms with Gasteiger partial charge < -0.3 is 19.5 Å². The lowest BCUT2D eigenvalue weighted by atomic mass is 9.95. The molecule has 1 atom stereocenters. The van der Waals surface area contributed by atoms with Crippen molar-refractivity contribution in [3.63, 3.8) is 0 Å². The zero-order valence-corrected chi connectivity index (χ0v) is 15.7. The first-order valence-corrected chi connectivity index (χ1v) is 9.12. The van der Waals surface area contributed by atoms with Crippen molar-refractivity contribution in [1.29, 1.82) is 0 Å². The average Bonchev–Trinajstić information content (AvgIpc) is 3.31. The van der Waals surface area contributed by atoms with E-state index in [1.807, 2.05) is 19.1 Å². The maximum atomic E-state index is 12.9. The number of aryl methyl sites for hydroxylation is 1. The molecule has 1 aliphatic rings. The first-order chi connectivity index (χ1) is 14.0. The molecule has 29 heavy (non-hydrogen) atoms. The van der Waals surface area contributed by atoms with Crippen LogP contribution >= 0.6 is 0 Å². The Morgan fingerprint density at radius 3 is 2.34 bits per heavy atom. The number of hydrogen-bond acceptors (Lipinski definition) is 5. The molecule has 0 radical (unpaired) electrons. The molecule has 0 spiro atoms. The van der Waals surface area contributed by atoms with Crippen molar-refractivity contribution >= 4 is 17.4 Å². The number of carbonyl (C=O) groups excluding carboxylic acids is 2. The average molecular weight is 389 g/mol. The summed E-state index contributed by atoms with van der Waals surface area (Å²) in [6.45, 7) is 2.00. The largest absolute Gasteiger partial charge is 0.508 e. The lowest BCUT2D eigenvalue weighted by Crippen LogP contribution is -2.29. The van der Waals surface area contributed by atoms with E-state index >= 15 is 0 Å². The molecule has 0 bridgehead atoms. The van der Waals surface area contributed by atoms with Gasteiger partial charge in [0.1, 0.15) is 17.3 Å². The summed E-state index contributed by atoms with van der Waals surface area (Å²) < 4.78 is 5.35. The third-order valence-corrected chi connectivity index (χ3v) is 4.98. The molecule has 1 aromatic heterocycles. The number of benzene rings is 2. The minimum atomic E-state index is -0.804. The molecule has 0 aliphatic carbocycles. The zero-order chi connectivity index (χ0) is 20.5. The van der Waals surface area contributed by atoms with Crippen molar-refractivity contribution in [1.82, 2.24) is 4.90 Å². The molecular weight excluding hydrogens is 370 g/mol. The van der Waals surface area contributed by atoms with Crippen LogP contribution in [0.3, 0.4) is 0 Å². The van der Waals surface area contributed by atoms with Gasteiger partial charge in [0.25, 0.3) is 11.7 Å². The maximum Gasteiger partial charge on any atom is 0.296 e. The van der Waals surface area contributed by atoms with Crippen LogP contribution in [0, 0.1) is 6.92 Å². The zero-order valence-electron chi connectivity index (χ0n) is 15.7. The van der Waals surface area contributed by atoms with E-state index in [0.717, 1.165) is 5.56 Å². The molecule has 1 amide bonds. The van der Waals surface area contributed by atoms with E-state index < -0.39 is 17.7 Å². The Morgan fingerprint density at radius 1 is 1.03 bits per heavy atom. The summed E-state index contributed by atoms with van der Waals surface area (Å²) in [6.07, 6.45) is 1.49. The van der Waals surface area contributed by atoms with Crippen LogP contribution in [-0.2, 0) is 16.1 Å². The third kappa shape index (κ3) is 3.40. The molecule has 0 unspecified atom stereocenters. The SMILES string of the molecule is Cc1ccc(/C(O)=C2\C(=O)C(=O)N(Cc3ccco3)[C@H]2c2ccc(O)cc2)cc1. The molecule has 2 heterocycles. The molecule has 0 saturated carbocycles. The van der Waals surface area contributed by atoms with Gasteiger partial charge in [-0.15, -0.1) is 0 Å². The Labute approximate surface area is 167 Å². The lowest BCUT2D eigenvalue weighted by Gasteiger charge is -2.24. The van der Waals surface area contributed by atoms with Crippen molar-refractivity contribution in [2.24, 2.45) is 0 Å². The van der Waals surface area contributed by atoms with Crippen molar-refractivity contribution in [3.05, 3.63) is 95.0 Å². The molecule has 6 nitrogen and oxygen atoms in total. The smallest absolute Gasteiger partial charge is 0.296 e. The second-order valence-corrected chi connectivity index (χ2v) is 6.96. The number of ketones is 1. The van der Waals surface area contributed by atoms with Crippen molar-refractivity contribution < 1.29 is 24.2 Å². The fourth-order valence-corrected chi connectivity index (χ4v) is 3.48. The molecule has 1 fully saturated rings. The van der Waals surface area contributed by atoms with E-state index in [4.69, 9.17) is 4.42 Å². The number of aliphatic hydroxyl groups is 1. The first kappa shape index (κ1) is 18.6. The number of aromatic hydroxyl groups is 1. The number of furan rings is 1. The van der Waals surface area contributed by atoms with Crippen molar-refractivity contribution in [2.75, 3.05) is 0 Å².